The van der Waals surface area contributed by atoms with Gasteiger partial charge in [-0.15, -0.1) is 11.3 Å². The first-order valence-corrected chi connectivity index (χ1v) is 6.46. The van der Waals surface area contributed by atoms with E-state index in [1.165, 1.54) is 11.3 Å². The Morgan fingerprint density at radius 2 is 2.29 bits per heavy atom. The van der Waals surface area contributed by atoms with E-state index in [1.54, 1.807) is 18.2 Å². The maximum Gasteiger partial charge on any atom is 0.261 e. The molecule has 4 nitrogen and oxygen atoms in total. The van der Waals surface area contributed by atoms with Gasteiger partial charge < -0.3 is 5.11 Å². The van der Waals surface area contributed by atoms with Gasteiger partial charge in [-0.1, -0.05) is 6.07 Å². The number of nitrogens with one attached hydrogen (secondary N) is 1. The van der Waals surface area contributed by atoms with Crippen molar-refractivity contribution in [2.45, 2.75) is 6.92 Å². The number of hydrogen-bond donors (Lipinski definition) is 2. The highest BCUT2D eigenvalue weighted by Gasteiger charge is 2.14. The van der Waals surface area contributed by atoms with Crippen LogP contribution in [0, 0.1) is 6.92 Å². The fraction of sp³-hybridized carbons (Fsp3) is 0.0909. The second kappa shape index (κ2) is 4.85. The number of phenols is 1. The van der Waals surface area contributed by atoms with Crippen molar-refractivity contribution in [3.8, 4) is 5.75 Å². The molecule has 0 atom stereocenters. The molecule has 1 amide bonds. The lowest BCUT2D eigenvalue weighted by molar-refractivity contribution is 0.102. The van der Waals surface area contributed by atoms with Crippen molar-refractivity contribution in [3.05, 3.63) is 39.3 Å². The average molecular weight is 313 g/mol. The first-order valence-electron chi connectivity index (χ1n) is 4.79. The minimum absolute atomic E-state index is 0.0710. The SMILES string of the molecule is Cc1csc(NC(=O)c2cccc(Br)c2O)n1. The number of aryl methyl sites for hydroxylation is 1. The number of rotatable bonds is 2. The normalized spacial score (nSPS) is 10.2. The van der Waals surface area contributed by atoms with Crippen LogP contribution in [0.15, 0.2) is 28.1 Å². The second-order valence-electron chi connectivity index (χ2n) is 3.38. The smallest absolute Gasteiger partial charge is 0.261 e. The number of aromatic hydroxyl groups is 1. The van der Waals surface area contributed by atoms with Crippen LogP contribution in [0.1, 0.15) is 16.1 Å². The van der Waals surface area contributed by atoms with E-state index in [9.17, 15) is 9.90 Å². The summed E-state index contributed by atoms with van der Waals surface area (Å²) in [6, 6.07) is 4.90. The Kier molecular flexibility index (Phi) is 3.44. The monoisotopic (exact) mass is 312 g/mol. The van der Waals surface area contributed by atoms with E-state index in [4.69, 9.17) is 0 Å². The zero-order valence-corrected chi connectivity index (χ0v) is 11.3. The maximum absolute atomic E-state index is 11.9. The van der Waals surface area contributed by atoms with E-state index >= 15 is 0 Å². The molecule has 1 aromatic carbocycles. The summed E-state index contributed by atoms with van der Waals surface area (Å²) in [5.41, 5.74) is 1.07. The molecule has 1 heterocycles. The van der Waals surface area contributed by atoms with Gasteiger partial charge in [0.1, 0.15) is 5.75 Å². The summed E-state index contributed by atoms with van der Waals surface area (Å²) in [6.07, 6.45) is 0. The summed E-state index contributed by atoms with van der Waals surface area (Å²) in [6.45, 7) is 1.85. The molecule has 0 spiro atoms. The highest BCUT2D eigenvalue weighted by Crippen LogP contribution is 2.28. The fourth-order valence-corrected chi connectivity index (χ4v) is 2.32. The van der Waals surface area contributed by atoms with Crippen LogP contribution in [0.5, 0.6) is 5.75 Å². The van der Waals surface area contributed by atoms with Crippen molar-refractivity contribution in [2.24, 2.45) is 0 Å². The summed E-state index contributed by atoms with van der Waals surface area (Å²) in [5, 5.41) is 14.7. The molecule has 17 heavy (non-hydrogen) atoms. The molecule has 2 aromatic rings. The number of para-hydroxylation sites is 1. The Morgan fingerprint density at radius 3 is 2.94 bits per heavy atom. The fourth-order valence-electron chi connectivity index (χ4n) is 1.27. The third-order valence-electron chi connectivity index (χ3n) is 2.07. The van der Waals surface area contributed by atoms with E-state index in [1.807, 2.05) is 12.3 Å². The minimum atomic E-state index is -0.377. The third kappa shape index (κ3) is 2.65. The van der Waals surface area contributed by atoms with Crippen molar-refractivity contribution < 1.29 is 9.90 Å². The van der Waals surface area contributed by atoms with Crippen molar-refractivity contribution in [2.75, 3.05) is 5.32 Å². The van der Waals surface area contributed by atoms with Crippen LogP contribution in [0.2, 0.25) is 0 Å². The lowest BCUT2D eigenvalue weighted by Crippen LogP contribution is -2.11. The molecule has 0 saturated heterocycles. The van der Waals surface area contributed by atoms with E-state index in [0.717, 1.165) is 5.69 Å². The van der Waals surface area contributed by atoms with Crippen LogP contribution >= 0.6 is 27.3 Å². The van der Waals surface area contributed by atoms with Gasteiger partial charge in [-0.25, -0.2) is 4.98 Å². The summed E-state index contributed by atoms with van der Waals surface area (Å²) in [4.78, 5) is 16.0. The van der Waals surface area contributed by atoms with Gasteiger partial charge in [0, 0.05) is 5.38 Å². The number of amides is 1. The number of carbonyl (C=O) groups excluding carboxylic acids is 1. The van der Waals surface area contributed by atoms with Crippen LogP contribution in [-0.4, -0.2) is 16.0 Å². The van der Waals surface area contributed by atoms with Gasteiger partial charge in [-0.05, 0) is 35.0 Å². The summed E-state index contributed by atoms with van der Waals surface area (Å²) in [5.74, 6) is -0.448. The van der Waals surface area contributed by atoms with Crippen molar-refractivity contribution >= 4 is 38.3 Å². The molecule has 0 aliphatic rings. The van der Waals surface area contributed by atoms with Crippen molar-refractivity contribution in [3.63, 3.8) is 0 Å². The largest absolute Gasteiger partial charge is 0.506 e. The van der Waals surface area contributed by atoms with Crippen molar-refractivity contribution in [1.29, 1.82) is 0 Å². The Hall–Kier alpha value is -1.40. The van der Waals surface area contributed by atoms with Crippen LogP contribution in [0.25, 0.3) is 0 Å². The number of hydrogen-bond acceptors (Lipinski definition) is 4. The molecule has 0 bridgehead atoms. The van der Waals surface area contributed by atoms with Gasteiger partial charge in [0.15, 0.2) is 5.13 Å². The third-order valence-corrected chi connectivity index (χ3v) is 3.59. The highest BCUT2D eigenvalue weighted by atomic mass is 79.9. The van der Waals surface area contributed by atoms with Gasteiger partial charge in [0.25, 0.3) is 5.91 Å². The number of carbonyl (C=O) groups is 1. The predicted molar refractivity (Wildman–Crippen MR) is 70.6 cm³/mol. The molecule has 88 valence electrons. The number of benzene rings is 1. The summed E-state index contributed by atoms with van der Waals surface area (Å²) < 4.78 is 0.487. The molecule has 0 unspecified atom stereocenters. The predicted octanol–water partition coefficient (Wildman–Crippen LogP) is 3.17. The quantitative estimate of drug-likeness (QED) is 0.895. The van der Waals surface area contributed by atoms with E-state index in [2.05, 4.69) is 26.2 Å². The Bertz CT molecular complexity index is 568. The molecule has 0 fully saturated rings. The first kappa shape index (κ1) is 12.1. The summed E-state index contributed by atoms with van der Waals surface area (Å²) >= 11 is 4.51. The zero-order chi connectivity index (χ0) is 12.4. The molecule has 2 rings (SSSR count). The second-order valence-corrected chi connectivity index (χ2v) is 5.10. The maximum atomic E-state index is 11.9. The van der Waals surface area contributed by atoms with E-state index < -0.39 is 0 Å². The average Bonchev–Trinajstić information content (AvgIpc) is 2.68. The number of anilines is 1. The van der Waals surface area contributed by atoms with Gasteiger partial charge in [0.2, 0.25) is 0 Å². The molecule has 6 heteroatoms. The standard InChI is InChI=1S/C11H9BrN2O2S/c1-6-5-17-11(13-6)14-10(16)7-3-2-4-8(12)9(7)15/h2-5,15H,1H3,(H,13,14,16). The molecule has 0 aliphatic heterocycles. The molecule has 0 radical (unpaired) electrons. The van der Waals surface area contributed by atoms with Gasteiger partial charge in [0.05, 0.1) is 15.7 Å². The summed E-state index contributed by atoms with van der Waals surface area (Å²) in [7, 11) is 0. The van der Waals surface area contributed by atoms with Crippen LogP contribution in [0.3, 0.4) is 0 Å². The van der Waals surface area contributed by atoms with Crippen molar-refractivity contribution in [1.82, 2.24) is 4.98 Å². The number of halogens is 1. The van der Waals surface area contributed by atoms with E-state index in [-0.39, 0.29) is 17.2 Å². The number of thiazole rings is 1. The lowest BCUT2D eigenvalue weighted by atomic mass is 10.2. The van der Waals surface area contributed by atoms with Crippen LogP contribution < -0.4 is 5.32 Å². The number of nitrogens with zero attached hydrogens (tertiary/aromatic N) is 1. The molecule has 0 aliphatic carbocycles. The van der Waals surface area contributed by atoms with Gasteiger partial charge >= 0.3 is 0 Å². The molecule has 0 saturated carbocycles. The minimum Gasteiger partial charge on any atom is -0.506 e. The molecule has 1 aromatic heterocycles. The number of phenolic OH excluding ortho intramolecular Hbond substituents is 1. The molecule has 2 N–H and O–H groups in total. The first-order chi connectivity index (χ1) is 8.08. The Labute approximate surface area is 110 Å². The lowest BCUT2D eigenvalue weighted by Gasteiger charge is -2.05. The zero-order valence-electron chi connectivity index (χ0n) is 8.90. The number of aromatic nitrogens is 1. The van der Waals surface area contributed by atoms with Crippen LogP contribution in [-0.2, 0) is 0 Å². The van der Waals surface area contributed by atoms with Crippen LogP contribution in [0.4, 0.5) is 5.13 Å². The molecular formula is C11H9BrN2O2S. The topological polar surface area (TPSA) is 62.2 Å². The van der Waals surface area contributed by atoms with E-state index in [0.29, 0.717) is 9.60 Å². The molecular weight excluding hydrogens is 304 g/mol. The van der Waals surface area contributed by atoms with Gasteiger partial charge in [-0.2, -0.15) is 0 Å². The highest BCUT2D eigenvalue weighted by molar-refractivity contribution is 9.10. The Morgan fingerprint density at radius 1 is 1.53 bits per heavy atom. The van der Waals surface area contributed by atoms with Gasteiger partial charge in [-0.3, -0.25) is 10.1 Å². The Balaban J connectivity index is 2.23.